The molecule has 124 valence electrons. The van der Waals surface area contributed by atoms with Gasteiger partial charge in [0.2, 0.25) is 0 Å². The van der Waals surface area contributed by atoms with Gasteiger partial charge in [0.05, 0.1) is 11.2 Å². The van der Waals surface area contributed by atoms with Crippen LogP contribution in [-0.2, 0) is 4.65 Å². The number of hydrogen-bond acceptors (Lipinski definition) is 5. The third-order valence-electron chi connectivity index (χ3n) is 4.70. The average Bonchev–Trinajstić information content (AvgIpc) is 2.86. The van der Waals surface area contributed by atoms with Gasteiger partial charge in [-0.2, -0.15) is 0 Å². The summed E-state index contributed by atoms with van der Waals surface area (Å²) in [5.74, 6) is 1.42. The maximum Gasteiger partial charge on any atom is 0.529 e. The Hall–Kier alpha value is -0.975. The van der Waals surface area contributed by atoms with Gasteiger partial charge in [0.1, 0.15) is 5.66 Å². The highest BCUT2D eigenvalue weighted by atomic mass is 16.6. The lowest BCUT2D eigenvalue weighted by atomic mass is 9.81. The van der Waals surface area contributed by atoms with Crippen molar-refractivity contribution in [3.63, 3.8) is 0 Å². The van der Waals surface area contributed by atoms with Gasteiger partial charge in [0.15, 0.2) is 5.88 Å². The quantitative estimate of drug-likeness (QED) is 0.812. The molecule has 1 aromatic rings. The van der Waals surface area contributed by atoms with Crippen molar-refractivity contribution in [1.82, 2.24) is 0 Å². The van der Waals surface area contributed by atoms with E-state index < -0.39 is 18.3 Å². The lowest BCUT2D eigenvalue weighted by Crippen LogP contribution is -2.53. The molecule has 0 saturated carbocycles. The zero-order chi connectivity index (χ0) is 16.5. The topological polar surface area (TPSA) is 66.1 Å². The van der Waals surface area contributed by atoms with Gasteiger partial charge in [-0.1, -0.05) is 6.92 Å². The molecule has 0 spiro atoms. The average molecular weight is 309 g/mol. The number of piperidine rings is 1. The predicted octanol–water partition coefficient (Wildman–Crippen LogP) is 1.77. The zero-order valence-corrected chi connectivity index (χ0v) is 14.3. The van der Waals surface area contributed by atoms with Crippen molar-refractivity contribution in [2.75, 3.05) is 18.0 Å². The van der Waals surface area contributed by atoms with Crippen LogP contribution in [0.15, 0.2) is 16.5 Å². The highest BCUT2D eigenvalue weighted by Crippen LogP contribution is 2.26. The minimum Gasteiger partial charge on any atom is -0.449 e. The standard InChI is InChI=1S/C16H28BNO4/c1-12-7-6-10-18(11-12)14-9-8-13(21-14)17(20)22-16(4,5)15(2,3)19/h8-9,12,19-20H,6-7,10-11H2,1-5H3. The summed E-state index contributed by atoms with van der Waals surface area (Å²) in [7, 11) is -1.20. The minimum absolute atomic E-state index is 0.366. The molecule has 1 aliphatic heterocycles. The molecule has 6 heteroatoms. The van der Waals surface area contributed by atoms with Gasteiger partial charge in [-0.25, -0.2) is 0 Å². The van der Waals surface area contributed by atoms with Crippen LogP contribution < -0.4 is 10.6 Å². The van der Waals surface area contributed by atoms with Crippen molar-refractivity contribution in [3.05, 3.63) is 12.1 Å². The van der Waals surface area contributed by atoms with Crippen molar-refractivity contribution >= 4 is 18.7 Å². The van der Waals surface area contributed by atoms with E-state index in [4.69, 9.17) is 9.07 Å². The van der Waals surface area contributed by atoms with Gasteiger partial charge in [0, 0.05) is 19.2 Å². The Bertz CT molecular complexity index is 495. The smallest absolute Gasteiger partial charge is 0.449 e. The first kappa shape index (κ1) is 17.4. The molecule has 1 unspecified atom stereocenters. The normalized spacial score (nSPS) is 20.3. The van der Waals surface area contributed by atoms with E-state index in [9.17, 15) is 10.1 Å². The molecular weight excluding hydrogens is 281 g/mol. The first-order chi connectivity index (χ1) is 10.1. The molecule has 1 atom stereocenters. The third kappa shape index (κ3) is 3.86. The van der Waals surface area contributed by atoms with Crippen molar-refractivity contribution in [1.29, 1.82) is 0 Å². The number of aliphatic hydroxyl groups is 1. The van der Waals surface area contributed by atoms with Crippen LogP contribution in [0.5, 0.6) is 0 Å². The Morgan fingerprint density at radius 1 is 1.32 bits per heavy atom. The molecule has 1 saturated heterocycles. The molecule has 1 aliphatic rings. The Kier molecular flexibility index (Phi) is 4.95. The van der Waals surface area contributed by atoms with Gasteiger partial charge < -0.3 is 24.1 Å². The first-order valence-electron chi connectivity index (χ1n) is 8.03. The van der Waals surface area contributed by atoms with Gasteiger partial charge in [-0.15, -0.1) is 0 Å². The van der Waals surface area contributed by atoms with E-state index in [1.165, 1.54) is 6.42 Å². The van der Waals surface area contributed by atoms with Crippen LogP contribution in [0.2, 0.25) is 0 Å². The van der Waals surface area contributed by atoms with Gasteiger partial charge in [0.25, 0.3) is 0 Å². The number of furan rings is 1. The van der Waals surface area contributed by atoms with Gasteiger partial charge in [-0.3, -0.25) is 0 Å². The SMILES string of the molecule is CC1CCCN(c2ccc(B(O)OC(C)(C)C(C)(C)O)o2)C1. The molecular formula is C16H28BNO4. The van der Waals surface area contributed by atoms with Crippen LogP contribution in [-0.4, -0.2) is 41.5 Å². The van der Waals surface area contributed by atoms with Crippen molar-refractivity contribution < 1.29 is 19.2 Å². The largest absolute Gasteiger partial charge is 0.529 e. The molecule has 2 heterocycles. The lowest BCUT2D eigenvalue weighted by Gasteiger charge is -2.38. The Balaban J connectivity index is 2.04. The van der Waals surface area contributed by atoms with Crippen LogP contribution in [0, 0.1) is 5.92 Å². The van der Waals surface area contributed by atoms with E-state index in [0.29, 0.717) is 11.6 Å². The van der Waals surface area contributed by atoms with Crippen molar-refractivity contribution in [2.45, 2.75) is 58.7 Å². The molecule has 2 N–H and O–H groups in total. The summed E-state index contributed by atoms with van der Waals surface area (Å²) < 4.78 is 11.4. The molecule has 2 rings (SSSR count). The zero-order valence-electron chi connectivity index (χ0n) is 14.3. The summed E-state index contributed by atoms with van der Waals surface area (Å²) >= 11 is 0. The minimum atomic E-state index is -1.20. The number of anilines is 1. The molecule has 0 aromatic carbocycles. The maximum atomic E-state index is 10.2. The Labute approximate surface area is 133 Å². The summed E-state index contributed by atoms with van der Waals surface area (Å²) in [6.45, 7) is 11.0. The van der Waals surface area contributed by atoms with E-state index >= 15 is 0 Å². The van der Waals surface area contributed by atoms with Crippen LogP contribution >= 0.6 is 0 Å². The fourth-order valence-electron chi connectivity index (χ4n) is 2.52. The number of hydrogen-bond donors (Lipinski definition) is 2. The van der Waals surface area contributed by atoms with E-state index in [2.05, 4.69) is 11.8 Å². The van der Waals surface area contributed by atoms with E-state index in [1.54, 1.807) is 33.8 Å². The highest BCUT2D eigenvalue weighted by Gasteiger charge is 2.40. The van der Waals surface area contributed by atoms with E-state index in [1.807, 2.05) is 6.07 Å². The molecule has 1 fully saturated rings. The Morgan fingerprint density at radius 3 is 2.59 bits per heavy atom. The molecule has 1 aromatic heterocycles. The molecule has 0 bridgehead atoms. The molecule has 0 aliphatic carbocycles. The predicted molar refractivity (Wildman–Crippen MR) is 88.4 cm³/mol. The lowest BCUT2D eigenvalue weighted by molar-refractivity contribution is -0.0986. The summed E-state index contributed by atoms with van der Waals surface area (Å²) in [6, 6.07) is 3.61. The highest BCUT2D eigenvalue weighted by molar-refractivity contribution is 6.58. The fraction of sp³-hybridized carbons (Fsp3) is 0.750. The summed E-state index contributed by atoms with van der Waals surface area (Å²) in [4.78, 5) is 2.20. The van der Waals surface area contributed by atoms with E-state index in [0.717, 1.165) is 25.4 Å². The summed E-state index contributed by atoms with van der Waals surface area (Å²) in [6.07, 6.45) is 2.40. The fourth-order valence-corrected chi connectivity index (χ4v) is 2.52. The second kappa shape index (κ2) is 6.26. The third-order valence-corrected chi connectivity index (χ3v) is 4.70. The molecule has 22 heavy (non-hydrogen) atoms. The van der Waals surface area contributed by atoms with Crippen LogP contribution in [0.1, 0.15) is 47.5 Å². The molecule has 0 amide bonds. The number of nitrogens with zero attached hydrogens (tertiary/aromatic N) is 1. The second-order valence-corrected chi connectivity index (χ2v) is 7.41. The van der Waals surface area contributed by atoms with Crippen LogP contribution in [0.3, 0.4) is 0 Å². The second-order valence-electron chi connectivity index (χ2n) is 7.41. The maximum absolute atomic E-state index is 10.2. The van der Waals surface area contributed by atoms with Crippen molar-refractivity contribution in [2.24, 2.45) is 5.92 Å². The Morgan fingerprint density at radius 2 is 2.00 bits per heavy atom. The molecule has 0 radical (unpaired) electrons. The van der Waals surface area contributed by atoms with Gasteiger partial charge in [-0.05, 0) is 52.5 Å². The monoisotopic (exact) mass is 309 g/mol. The molecule has 5 nitrogen and oxygen atoms in total. The summed E-state index contributed by atoms with van der Waals surface area (Å²) in [5.41, 5.74) is -1.62. The number of rotatable bonds is 5. The van der Waals surface area contributed by atoms with Crippen LogP contribution in [0.4, 0.5) is 5.88 Å². The summed E-state index contributed by atoms with van der Waals surface area (Å²) in [5, 5.41) is 20.3. The van der Waals surface area contributed by atoms with E-state index in [-0.39, 0.29) is 0 Å². The van der Waals surface area contributed by atoms with Crippen LogP contribution in [0.25, 0.3) is 0 Å². The van der Waals surface area contributed by atoms with Crippen molar-refractivity contribution in [3.8, 4) is 0 Å². The van der Waals surface area contributed by atoms with Gasteiger partial charge >= 0.3 is 7.12 Å². The first-order valence-corrected chi connectivity index (χ1v) is 8.03.